The molecule has 0 atom stereocenters. The average Bonchev–Trinajstić information content (AvgIpc) is 3.28. The number of nitrogens with one attached hydrogen (secondary N) is 1. The second-order valence-corrected chi connectivity index (χ2v) is 15.8. The fraction of sp³-hybridized carbons (Fsp3) is 0.319. The first kappa shape index (κ1) is 44.0. The molecule has 2 aliphatic heterocycles. The van der Waals surface area contributed by atoms with Crippen LogP contribution >= 0.6 is 0 Å². The van der Waals surface area contributed by atoms with E-state index in [4.69, 9.17) is 29.9 Å². The van der Waals surface area contributed by atoms with Crippen LogP contribution < -0.4 is 35.1 Å². The highest BCUT2D eigenvalue weighted by atomic mass is 16.6. The Balaban J connectivity index is 0.000000190. The Kier molecular flexibility index (Phi) is 13.2. The van der Waals surface area contributed by atoms with Crippen molar-refractivity contribution in [2.75, 3.05) is 103 Å². The number of pyridine rings is 2. The normalized spacial score (nSPS) is 14.5. The lowest BCUT2D eigenvalue weighted by molar-refractivity contribution is -0.384. The van der Waals surface area contributed by atoms with Crippen LogP contribution in [0.2, 0.25) is 0 Å². The van der Waals surface area contributed by atoms with Gasteiger partial charge in [0.15, 0.2) is 11.5 Å². The maximum absolute atomic E-state index is 13.0. The van der Waals surface area contributed by atoms with Crippen LogP contribution in [0.25, 0.3) is 32.9 Å². The van der Waals surface area contributed by atoms with Gasteiger partial charge in [-0.3, -0.25) is 19.7 Å². The van der Waals surface area contributed by atoms with E-state index in [0.717, 1.165) is 96.9 Å². The van der Waals surface area contributed by atoms with Crippen LogP contribution in [0.5, 0.6) is 17.2 Å². The largest absolute Gasteiger partial charge is 0.493 e. The van der Waals surface area contributed by atoms with Gasteiger partial charge in [-0.25, -0.2) is 9.97 Å². The zero-order valence-electron chi connectivity index (χ0n) is 36.7. The number of methoxy groups -OCH3 is 3. The minimum Gasteiger partial charge on any atom is -0.493 e. The molecule has 0 radical (unpaired) electrons. The second kappa shape index (κ2) is 18.9. The summed E-state index contributed by atoms with van der Waals surface area (Å²) in [6, 6.07) is 23.4. The summed E-state index contributed by atoms with van der Waals surface area (Å²) >= 11 is 0. The summed E-state index contributed by atoms with van der Waals surface area (Å²) in [6.45, 7) is 12.0. The van der Waals surface area contributed by atoms with Gasteiger partial charge in [-0.05, 0) is 111 Å². The number of nitro groups is 1. The molecule has 3 N–H and O–H groups in total. The number of nitrogens with zero attached hydrogens (tertiary/aromatic N) is 7. The van der Waals surface area contributed by atoms with Crippen LogP contribution in [-0.2, 0) is 0 Å². The van der Waals surface area contributed by atoms with Gasteiger partial charge in [0, 0.05) is 74.4 Å². The van der Waals surface area contributed by atoms with Crippen LogP contribution in [0.4, 0.5) is 23.0 Å². The van der Waals surface area contributed by atoms with E-state index >= 15 is 0 Å². The molecule has 328 valence electrons. The lowest BCUT2D eigenvalue weighted by atomic mass is 9.97. The molecule has 2 fully saturated rings. The van der Waals surface area contributed by atoms with Crippen LogP contribution in [0.15, 0.2) is 78.9 Å². The van der Waals surface area contributed by atoms with Crippen LogP contribution in [0, 0.1) is 24.0 Å². The van der Waals surface area contributed by atoms with Crippen LogP contribution in [0.3, 0.4) is 0 Å². The molecule has 0 spiro atoms. The third-order valence-corrected chi connectivity index (χ3v) is 11.6. The fourth-order valence-corrected chi connectivity index (χ4v) is 7.98. The number of piperazine rings is 2. The molecule has 16 nitrogen and oxygen atoms in total. The highest BCUT2D eigenvalue weighted by molar-refractivity contribution is 6.06. The molecule has 2 aromatic heterocycles. The summed E-state index contributed by atoms with van der Waals surface area (Å²) < 4.78 is 16.1. The van der Waals surface area contributed by atoms with Gasteiger partial charge in [-0.15, -0.1) is 0 Å². The van der Waals surface area contributed by atoms with Gasteiger partial charge >= 0.3 is 0 Å². The molecule has 63 heavy (non-hydrogen) atoms. The Labute approximate surface area is 366 Å². The van der Waals surface area contributed by atoms with Crippen molar-refractivity contribution in [3.63, 3.8) is 0 Å². The highest BCUT2D eigenvalue weighted by Gasteiger charge is 2.25. The number of likely N-dealkylation sites (N-methyl/N-ethyl adjacent to an activating group) is 2. The molecule has 2 aliphatic rings. The molecule has 4 heterocycles. The lowest BCUT2D eigenvalue weighted by Crippen LogP contribution is -2.44. The SMILES string of the molecule is COc1cc(C(=O)Nc2ccc3nc(N4CCN(C)CC4)cc(C)c3c2)cc(OC)c1OC.Cc1cc(N2CCN(C)CC2)nc2ccc(-c3cccc(C(N)=O)c3[N+](=O)[O-])cc12. The zero-order chi connectivity index (χ0) is 44.9. The van der Waals surface area contributed by atoms with Crippen molar-refractivity contribution in [3.8, 4) is 28.4 Å². The second-order valence-electron chi connectivity index (χ2n) is 15.8. The van der Waals surface area contributed by atoms with Gasteiger partial charge in [0.05, 0.1) is 42.8 Å². The van der Waals surface area contributed by atoms with E-state index in [1.807, 2.05) is 37.3 Å². The van der Waals surface area contributed by atoms with Crippen molar-refractivity contribution in [2.45, 2.75) is 13.8 Å². The third-order valence-electron chi connectivity index (χ3n) is 11.6. The van der Waals surface area contributed by atoms with Gasteiger partial charge in [0.2, 0.25) is 5.75 Å². The summed E-state index contributed by atoms with van der Waals surface area (Å²) in [7, 11) is 8.83. The summed E-state index contributed by atoms with van der Waals surface area (Å²) in [6.07, 6.45) is 0. The van der Waals surface area contributed by atoms with E-state index in [1.54, 1.807) is 30.3 Å². The van der Waals surface area contributed by atoms with Crippen molar-refractivity contribution in [2.24, 2.45) is 5.73 Å². The van der Waals surface area contributed by atoms with E-state index in [2.05, 4.69) is 58.1 Å². The first-order valence-electron chi connectivity index (χ1n) is 20.7. The summed E-state index contributed by atoms with van der Waals surface area (Å²) in [4.78, 5) is 54.7. The number of hydrogen-bond donors (Lipinski definition) is 2. The number of ether oxygens (including phenoxy) is 3. The number of fused-ring (bicyclic) bond motifs is 2. The lowest BCUT2D eigenvalue weighted by Gasteiger charge is -2.33. The summed E-state index contributed by atoms with van der Waals surface area (Å²) in [5.74, 6) is 2.16. The Hall–Kier alpha value is -7.04. The molecule has 8 rings (SSSR count). The van der Waals surface area contributed by atoms with E-state index in [-0.39, 0.29) is 17.2 Å². The Morgan fingerprint density at radius 3 is 1.71 bits per heavy atom. The molecule has 2 amide bonds. The van der Waals surface area contributed by atoms with Crippen molar-refractivity contribution in [1.82, 2.24) is 19.8 Å². The number of nitrogens with two attached hydrogens (primary N) is 1. The number of primary amides is 1. The summed E-state index contributed by atoms with van der Waals surface area (Å²) in [5.41, 5.74) is 11.0. The number of amides is 2. The van der Waals surface area contributed by atoms with Crippen molar-refractivity contribution >= 4 is 56.6 Å². The maximum atomic E-state index is 13.0. The number of carbonyl (C=O) groups excluding carboxylic acids is 2. The summed E-state index contributed by atoms with van der Waals surface area (Å²) in [5, 5.41) is 16.6. The number of para-hydroxylation sites is 1. The number of rotatable bonds is 10. The highest BCUT2D eigenvalue weighted by Crippen LogP contribution is 2.39. The molecule has 0 saturated carbocycles. The number of carbonyl (C=O) groups is 2. The fourth-order valence-electron chi connectivity index (χ4n) is 7.98. The number of hydrogen-bond acceptors (Lipinski definition) is 13. The van der Waals surface area contributed by atoms with Crippen LogP contribution in [0.1, 0.15) is 31.8 Å². The molecule has 0 bridgehead atoms. The first-order valence-corrected chi connectivity index (χ1v) is 20.7. The molecular weight excluding hydrogens is 803 g/mol. The Morgan fingerprint density at radius 2 is 1.22 bits per heavy atom. The van der Waals surface area contributed by atoms with Gasteiger partial charge < -0.3 is 44.9 Å². The standard InChI is InChI=1S/C25H30N4O4.C22H23N5O3/c1-16-12-23(29-10-8-28(2)9-11-29)27-20-7-6-18(15-19(16)20)26-25(30)17-13-21(31-3)24(33-5)22(14-17)32-4;1-14-12-20(26-10-8-25(2)9-11-26)24-19-7-6-15(13-18(14)19)16-4-3-5-17(22(23)28)21(16)27(29)30/h6-7,12-15H,8-11H2,1-5H3,(H,26,30);3-7,12-13H,8-11H2,1-2H3,(H2,23,28). The predicted molar refractivity (Wildman–Crippen MR) is 247 cm³/mol. The number of aryl methyl sites for hydroxylation is 2. The van der Waals surface area contributed by atoms with E-state index in [9.17, 15) is 19.7 Å². The Morgan fingerprint density at radius 1 is 0.698 bits per heavy atom. The number of aromatic nitrogens is 2. The molecule has 4 aromatic carbocycles. The minimum atomic E-state index is -0.820. The van der Waals surface area contributed by atoms with Gasteiger partial charge in [-0.1, -0.05) is 12.1 Å². The van der Waals surface area contributed by atoms with Crippen molar-refractivity contribution in [3.05, 3.63) is 111 Å². The van der Waals surface area contributed by atoms with Gasteiger partial charge in [0.1, 0.15) is 17.2 Å². The Bertz CT molecular complexity index is 2670. The van der Waals surface area contributed by atoms with E-state index in [1.165, 1.54) is 27.4 Å². The predicted octanol–water partition coefficient (Wildman–Crippen LogP) is 6.54. The molecule has 6 aromatic rings. The number of anilines is 3. The van der Waals surface area contributed by atoms with Crippen LogP contribution in [-0.4, -0.2) is 124 Å². The minimum absolute atomic E-state index is 0.0992. The molecule has 0 aliphatic carbocycles. The average molecular weight is 856 g/mol. The third kappa shape index (κ3) is 9.56. The molecule has 0 unspecified atom stereocenters. The smallest absolute Gasteiger partial charge is 0.289 e. The van der Waals surface area contributed by atoms with Gasteiger partial charge in [-0.2, -0.15) is 0 Å². The zero-order valence-corrected chi connectivity index (χ0v) is 36.7. The maximum Gasteiger partial charge on any atom is 0.289 e. The molecule has 2 saturated heterocycles. The van der Waals surface area contributed by atoms with Gasteiger partial charge in [0.25, 0.3) is 17.5 Å². The number of nitro benzene ring substituents is 1. The molecular formula is C47H53N9O7. The topological polar surface area (TPSA) is 182 Å². The van der Waals surface area contributed by atoms with Crippen molar-refractivity contribution in [1.29, 1.82) is 0 Å². The van der Waals surface area contributed by atoms with E-state index < -0.39 is 10.8 Å². The quantitative estimate of drug-likeness (QED) is 0.112. The monoisotopic (exact) mass is 855 g/mol. The number of benzene rings is 4. The van der Waals surface area contributed by atoms with Crippen molar-refractivity contribution < 1.29 is 28.7 Å². The molecule has 16 heteroatoms. The first-order chi connectivity index (χ1) is 30.3. The van der Waals surface area contributed by atoms with E-state index in [0.29, 0.717) is 39.6 Å².